The smallest absolute Gasteiger partial charge is 0.227 e. The molecule has 0 saturated heterocycles. The van der Waals surface area contributed by atoms with E-state index in [-0.39, 0.29) is 0 Å². The number of hydrogen-bond donors (Lipinski definition) is 0. The van der Waals surface area contributed by atoms with Crippen LogP contribution in [0.1, 0.15) is 20.3 Å². The summed E-state index contributed by atoms with van der Waals surface area (Å²) in [7, 11) is 0. The molecule has 0 amide bonds. The highest BCUT2D eigenvalue weighted by Gasteiger charge is 2.45. The fourth-order valence-corrected chi connectivity index (χ4v) is 1.07. The highest BCUT2D eigenvalue weighted by Crippen LogP contribution is 2.39. The van der Waals surface area contributed by atoms with Gasteiger partial charge >= 0.3 is 0 Å². The van der Waals surface area contributed by atoms with E-state index < -0.39 is 0 Å². The van der Waals surface area contributed by atoms with Gasteiger partial charge in [-0.3, -0.25) is 0 Å². The normalized spacial score (nSPS) is 34.8. The molecule has 1 rings (SSSR count). The summed E-state index contributed by atoms with van der Waals surface area (Å²) in [6.45, 7) is 11.0. The molecule has 8 heavy (non-hydrogen) atoms. The van der Waals surface area contributed by atoms with Crippen molar-refractivity contribution in [2.24, 2.45) is 11.8 Å². The van der Waals surface area contributed by atoms with Gasteiger partial charge in [0, 0.05) is 12.3 Å². The summed E-state index contributed by atoms with van der Waals surface area (Å²) in [6, 6.07) is 0.384. The van der Waals surface area contributed by atoms with Crippen LogP contribution >= 0.6 is 0 Å². The third-order valence-corrected chi connectivity index (χ3v) is 1.83. The third kappa shape index (κ3) is 0.838. The van der Waals surface area contributed by atoms with Crippen LogP contribution in [0.2, 0.25) is 0 Å². The van der Waals surface area contributed by atoms with Crippen LogP contribution in [0.25, 0.3) is 4.85 Å². The molecule has 0 N–H and O–H groups in total. The maximum absolute atomic E-state index is 6.67. The summed E-state index contributed by atoms with van der Waals surface area (Å²) in [4.78, 5) is 3.45. The van der Waals surface area contributed by atoms with Gasteiger partial charge in [-0.15, -0.1) is 0 Å². The van der Waals surface area contributed by atoms with Crippen LogP contribution in [-0.4, -0.2) is 6.04 Å². The summed E-state index contributed by atoms with van der Waals surface area (Å²) in [5.41, 5.74) is 0. The van der Waals surface area contributed by atoms with Crippen molar-refractivity contribution in [2.45, 2.75) is 26.3 Å². The van der Waals surface area contributed by atoms with Gasteiger partial charge in [-0.1, -0.05) is 13.8 Å². The van der Waals surface area contributed by atoms with Gasteiger partial charge in [0.15, 0.2) is 0 Å². The van der Waals surface area contributed by atoms with E-state index in [2.05, 4.69) is 18.7 Å². The molecule has 2 atom stereocenters. The lowest BCUT2D eigenvalue weighted by Gasteiger charge is -1.93. The predicted octanol–water partition coefficient (Wildman–Crippen LogP) is 1.95. The zero-order valence-electron chi connectivity index (χ0n) is 5.39. The van der Waals surface area contributed by atoms with Crippen LogP contribution in [0.5, 0.6) is 0 Å². The standard InChI is InChI=1S/C7H11N/c1-5(2)6-4-7(6)8-3/h5-7H,4H2,1-2H3/t6-,7+/m0/s1. The van der Waals surface area contributed by atoms with E-state index in [1.165, 1.54) is 0 Å². The maximum atomic E-state index is 6.67. The number of hydrogen-bond acceptors (Lipinski definition) is 0. The number of nitrogens with zero attached hydrogens (tertiary/aromatic N) is 1. The largest absolute Gasteiger partial charge is 0.313 e. The van der Waals surface area contributed by atoms with E-state index in [1.807, 2.05) is 0 Å². The minimum atomic E-state index is 0.384. The lowest BCUT2D eigenvalue weighted by molar-refractivity contribution is 0.558. The average Bonchev–Trinajstić information content (AvgIpc) is 2.42. The van der Waals surface area contributed by atoms with Gasteiger partial charge in [-0.05, 0) is 5.92 Å². The molecule has 1 aliphatic carbocycles. The molecule has 1 aliphatic rings. The molecular weight excluding hydrogens is 98.1 g/mol. The molecule has 0 unspecified atom stereocenters. The van der Waals surface area contributed by atoms with Crippen molar-refractivity contribution in [3.05, 3.63) is 11.4 Å². The lowest BCUT2D eigenvalue weighted by atomic mass is 10.1. The van der Waals surface area contributed by atoms with Crippen molar-refractivity contribution in [1.29, 1.82) is 0 Å². The molecule has 0 spiro atoms. The Hall–Kier alpha value is -0.510. The van der Waals surface area contributed by atoms with Crippen molar-refractivity contribution in [2.75, 3.05) is 0 Å². The molecule has 0 aromatic carbocycles. The summed E-state index contributed by atoms with van der Waals surface area (Å²) >= 11 is 0. The van der Waals surface area contributed by atoms with Crippen LogP contribution in [0.4, 0.5) is 0 Å². The molecule has 0 heterocycles. The van der Waals surface area contributed by atoms with E-state index in [0.717, 1.165) is 18.3 Å². The quantitative estimate of drug-likeness (QED) is 0.453. The second-order valence-electron chi connectivity index (χ2n) is 2.84. The SMILES string of the molecule is [C-]#[N+][C@@H]1C[C@H]1C(C)C. The minimum Gasteiger partial charge on any atom is -0.313 e. The minimum absolute atomic E-state index is 0.384. The molecule has 44 valence electrons. The second-order valence-corrected chi connectivity index (χ2v) is 2.84. The Morgan fingerprint density at radius 1 is 1.62 bits per heavy atom. The first-order valence-electron chi connectivity index (χ1n) is 3.12. The molecule has 0 aliphatic heterocycles. The van der Waals surface area contributed by atoms with E-state index >= 15 is 0 Å². The summed E-state index contributed by atoms with van der Waals surface area (Å²) in [5, 5.41) is 0. The van der Waals surface area contributed by atoms with Crippen LogP contribution in [0, 0.1) is 18.4 Å². The monoisotopic (exact) mass is 109 g/mol. The first-order valence-corrected chi connectivity index (χ1v) is 3.12. The topological polar surface area (TPSA) is 4.36 Å². The first kappa shape index (κ1) is 5.62. The molecule has 1 heteroatoms. The van der Waals surface area contributed by atoms with E-state index in [0.29, 0.717) is 6.04 Å². The van der Waals surface area contributed by atoms with Gasteiger partial charge in [-0.2, -0.15) is 0 Å². The maximum Gasteiger partial charge on any atom is 0.227 e. The van der Waals surface area contributed by atoms with Crippen molar-refractivity contribution in [3.63, 3.8) is 0 Å². The fourth-order valence-electron chi connectivity index (χ4n) is 1.07. The van der Waals surface area contributed by atoms with E-state index in [1.54, 1.807) is 0 Å². The Kier molecular flexibility index (Phi) is 1.25. The van der Waals surface area contributed by atoms with Crippen LogP contribution < -0.4 is 0 Å². The highest BCUT2D eigenvalue weighted by atomic mass is 14.8. The van der Waals surface area contributed by atoms with Crippen molar-refractivity contribution in [1.82, 2.24) is 0 Å². The summed E-state index contributed by atoms with van der Waals surface area (Å²) in [6.07, 6.45) is 1.15. The Balaban J connectivity index is 2.29. The van der Waals surface area contributed by atoms with Gasteiger partial charge in [-0.25, -0.2) is 6.57 Å². The van der Waals surface area contributed by atoms with Crippen LogP contribution in [-0.2, 0) is 0 Å². The fraction of sp³-hybridized carbons (Fsp3) is 0.857. The van der Waals surface area contributed by atoms with Gasteiger partial charge in [0.1, 0.15) is 0 Å². The molecule has 0 aromatic heterocycles. The highest BCUT2D eigenvalue weighted by molar-refractivity contribution is 5.02. The van der Waals surface area contributed by atoms with Gasteiger partial charge in [0.25, 0.3) is 0 Å². The van der Waals surface area contributed by atoms with Crippen molar-refractivity contribution >= 4 is 0 Å². The van der Waals surface area contributed by atoms with Gasteiger partial charge in [0.05, 0.1) is 0 Å². The average molecular weight is 109 g/mol. The third-order valence-electron chi connectivity index (χ3n) is 1.83. The van der Waals surface area contributed by atoms with Gasteiger partial charge < -0.3 is 4.85 Å². The molecule has 0 radical (unpaired) electrons. The van der Waals surface area contributed by atoms with Crippen molar-refractivity contribution < 1.29 is 0 Å². The lowest BCUT2D eigenvalue weighted by Crippen LogP contribution is -1.91. The molecule has 1 nitrogen and oxygen atoms in total. The Labute approximate surface area is 50.5 Å². The summed E-state index contributed by atoms with van der Waals surface area (Å²) < 4.78 is 0. The molecule has 0 aromatic rings. The van der Waals surface area contributed by atoms with Crippen molar-refractivity contribution in [3.8, 4) is 0 Å². The molecule has 1 fully saturated rings. The summed E-state index contributed by atoms with van der Waals surface area (Å²) in [5.74, 6) is 1.46. The number of rotatable bonds is 1. The Morgan fingerprint density at radius 3 is 2.38 bits per heavy atom. The van der Waals surface area contributed by atoms with Crippen LogP contribution in [0.15, 0.2) is 0 Å². The van der Waals surface area contributed by atoms with Crippen LogP contribution in [0.3, 0.4) is 0 Å². The van der Waals surface area contributed by atoms with E-state index in [9.17, 15) is 0 Å². The first-order chi connectivity index (χ1) is 3.75. The molecule has 1 saturated carbocycles. The Bertz CT molecular complexity index is 121. The van der Waals surface area contributed by atoms with Gasteiger partial charge in [0.2, 0.25) is 6.04 Å². The Morgan fingerprint density at radius 2 is 2.25 bits per heavy atom. The predicted molar refractivity (Wildman–Crippen MR) is 33.3 cm³/mol. The molecular formula is C7H11N. The second kappa shape index (κ2) is 1.78. The molecule has 0 bridgehead atoms. The van der Waals surface area contributed by atoms with E-state index in [4.69, 9.17) is 6.57 Å². The zero-order valence-corrected chi connectivity index (χ0v) is 5.39. The zero-order chi connectivity index (χ0) is 6.15.